The van der Waals surface area contributed by atoms with Crippen molar-refractivity contribution in [1.29, 1.82) is 0 Å². The van der Waals surface area contributed by atoms with Crippen molar-refractivity contribution in [3.8, 4) is 11.4 Å². The zero-order chi connectivity index (χ0) is 23.1. The van der Waals surface area contributed by atoms with Crippen LogP contribution in [0.2, 0.25) is 0 Å². The van der Waals surface area contributed by atoms with Crippen molar-refractivity contribution in [2.24, 2.45) is 13.0 Å². The highest BCUT2D eigenvalue weighted by Gasteiger charge is 2.22. The molecule has 1 aliphatic heterocycles. The Balaban J connectivity index is 1.36. The Labute approximate surface area is 197 Å². The fourth-order valence-corrected chi connectivity index (χ4v) is 4.51. The summed E-state index contributed by atoms with van der Waals surface area (Å²) < 4.78 is 7.68. The van der Waals surface area contributed by atoms with Crippen molar-refractivity contribution in [3.63, 3.8) is 0 Å². The van der Waals surface area contributed by atoms with Gasteiger partial charge in [0.2, 0.25) is 0 Å². The fourth-order valence-electron chi connectivity index (χ4n) is 4.51. The molecule has 8 nitrogen and oxygen atoms in total. The summed E-state index contributed by atoms with van der Waals surface area (Å²) in [6.07, 6.45) is 4.49. The third-order valence-corrected chi connectivity index (χ3v) is 6.67. The predicted molar refractivity (Wildman–Crippen MR) is 134 cm³/mol. The molecule has 3 heterocycles. The monoisotopic (exact) mass is 456 g/mol. The van der Waals surface area contributed by atoms with Gasteiger partial charge in [-0.3, -0.25) is 0 Å². The molecule has 1 aliphatic carbocycles. The van der Waals surface area contributed by atoms with Crippen LogP contribution in [0, 0.1) is 5.92 Å². The molecule has 2 N–H and O–H groups in total. The minimum Gasteiger partial charge on any atom is -0.378 e. The number of rotatable bonds is 5. The second kappa shape index (κ2) is 8.61. The Morgan fingerprint density at radius 3 is 2.59 bits per heavy atom. The number of hydrogen-bond donors (Lipinski definition) is 2. The average Bonchev–Trinajstić information content (AvgIpc) is 3.63. The van der Waals surface area contributed by atoms with Crippen molar-refractivity contribution in [2.45, 2.75) is 12.8 Å². The fraction of sp³-hybridized carbons (Fsp3) is 0.346. The summed E-state index contributed by atoms with van der Waals surface area (Å²) in [5, 5.41) is 8.00. The molecule has 0 atom stereocenters. The number of aryl methyl sites for hydroxylation is 1. The quantitative estimate of drug-likeness (QED) is 0.471. The maximum atomic E-state index is 12.1. The Hall–Kier alpha value is -3.65. The van der Waals surface area contributed by atoms with Gasteiger partial charge < -0.3 is 24.8 Å². The lowest BCUT2D eigenvalue weighted by Crippen LogP contribution is -2.37. The van der Waals surface area contributed by atoms with Crippen LogP contribution in [0.25, 0.3) is 33.2 Å². The number of nitrogens with zero attached hydrogens (tertiary/aromatic N) is 4. The van der Waals surface area contributed by atoms with Crippen LogP contribution in [0.5, 0.6) is 0 Å². The zero-order valence-electron chi connectivity index (χ0n) is 19.3. The maximum absolute atomic E-state index is 12.1. The van der Waals surface area contributed by atoms with Crippen LogP contribution in [-0.2, 0) is 11.8 Å². The number of anilines is 2. The summed E-state index contributed by atoms with van der Waals surface area (Å²) in [6, 6.07) is 13.9. The summed E-state index contributed by atoms with van der Waals surface area (Å²) in [6.45, 7) is 3.73. The number of aromatic nitrogens is 3. The molecule has 174 valence electrons. The van der Waals surface area contributed by atoms with Gasteiger partial charge in [-0.05, 0) is 61.2 Å². The van der Waals surface area contributed by atoms with Crippen LogP contribution in [-0.4, -0.2) is 53.4 Å². The first kappa shape index (κ1) is 20.9. The molecule has 8 heteroatoms. The number of hydrogen-bond acceptors (Lipinski definition) is 5. The molecule has 2 aromatic carbocycles. The molecule has 0 bridgehead atoms. The molecular formula is C26H28N6O2. The average molecular weight is 457 g/mol. The maximum Gasteiger partial charge on any atom is 0.319 e. The smallest absolute Gasteiger partial charge is 0.319 e. The standard InChI is InChI=1S/C26H28N6O2/c1-31-11-10-20-22(31)9-8-21-23(20)29-24(30-25(21)32-12-14-34-15-13-32)18-4-6-19(7-5-18)28-26(33)27-16-17-2-3-17/h4-11,17H,2-3,12-16H2,1H3,(H2,27,28,33). The highest BCUT2D eigenvalue weighted by Crippen LogP contribution is 2.33. The normalized spacial score (nSPS) is 16.2. The van der Waals surface area contributed by atoms with E-state index in [9.17, 15) is 4.79 Å². The number of carbonyl (C=O) groups excluding carboxylic acids is 1. The van der Waals surface area contributed by atoms with Crippen molar-refractivity contribution in [2.75, 3.05) is 43.1 Å². The molecule has 1 saturated carbocycles. The van der Waals surface area contributed by atoms with Crippen LogP contribution in [0.15, 0.2) is 48.7 Å². The van der Waals surface area contributed by atoms with Crippen molar-refractivity contribution >= 4 is 39.3 Å². The van der Waals surface area contributed by atoms with Crippen LogP contribution in [0.1, 0.15) is 12.8 Å². The number of ether oxygens (including phenoxy) is 1. The van der Waals surface area contributed by atoms with Gasteiger partial charge in [-0.25, -0.2) is 14.8 Å². The first-order valence-corrected chi connectivity index (χ1v) is 11.9. The van der Waals surface area contributed by atoms with Crippen LogP contribution >= 0.6 is 0 Å². The molecule has 4 aromatic rings. The molecule has 2 aliphatic rings. The minimum atomic E-state index is -0.164. The second-order valence-electron chi connectivity index (χ2n) is 9.15. The minimum absolute atomic E-state index is 0.164. The first-order valence-electron chi connectivity index (χ1n) is 11.9. The molecule has 2 aromatic heterocycles. The van der Waals surface area contributed by atoms with E-state index in [0.717, 1.165) is 58.5 Å². The van der Waals surface area contributed by atoms with Gasteiger partial charge in [-0.1, -0.05) is 0 Å². The molecule has 2 amide bonds. The Morgan fingerprint density at radius 1 is 1.03 bits per heavy atom. The predicted octanol–water partition coefficient (Wildman–Crippen LogP) is 4.16. The lowest BCUT2D eigenvalue weighted by Gasteiger charge is -2.29. The van der Waals surface area contributed by atoms with Crippen LogP contribution in [0.4, 0.5) is 16.3 Å². The van der Waals surface area contributed by atoms with Gasteiger partial charge in [0.15, 0.2) is 5.82 Å². The molecule has 6 rings (SSSR count). The van der Waals surface area contributed by atoms with Gasteiger partial charge in [-0.15, -0.1) is 0 Å². The van der Waals surface area contributed by atoms with Crippen LogP contribution in [0.3, 0.4) is 0 Å². The summed E-state index contributed by atoms with van der Waals surface area (Å²) in [5.41, 5.74) is 3.75. The summed E-state index contributed by atoms with van der Waals surface area (Å²) in [7, 11) is 2.05. The van der Waals surface area contributed by atoms with Crippen molar-refractivity contribution < 1.29 is 9.53 Å². The number of carbonyl (C=O) groups is 1. The zero-order valence-corrected chi connectivity index (χ0v) is 19.3. The van der Waals surface area contributed by atoms with Crippen molar-refractivity contribution in [3.05, 3.63) is 48.7 Å². The van der Waals surface area contributed by atoms with Gasteiger partial charge in [0.1, 0.15) is 5.82 Å². The Bertz CT molecular complexity index is 1350. The lowest BCUT2D eigenvalue weighted by molar-refractivity contribution is 0.122. The van der Waals surface area contributed by atoms with E-state index in [1.165, 1.54) is 12.8 Å². The number of fused-ring (bicyclic) bond motifs is 3. The van der Waals surface area contributed by atoms with E-state index < -0.39 is 0 Å². The summed E-state index contributed by atoms with van der Waals surface area (Å²) >= 11 is 0. The molecule has 0 radical (unpaired) electrons. The molecule has 2 fully saturated rings. The highest BCUT2D eigenvalue weighted by atomic mass is 16.5. The third-order valence-electron chi connectivity index (χ3n) is 6.67. The summed E-state index contributed by atoms with van der Waals surface area (Å²) in [4.78, 5) is 24.4. The first-order chi connectivity index (χ1) is 16.7. The number of nitrogens with one attached hydrogen (secondary N) is 2. The SMILES string of the molecule is Cn1ccc2c3nc(-c4ccc(NC(=O)NCC5CC5)cc4)nc(N4CCOCC4)c3ccc21. The van der Waals surface area contributed by atoms with Crippen LogP contribution < -0.4 is 15.5 Å². The van der Waals surface area contributed by atoms with E-state index in [0.29, 0.717) is 25.0 Å². The van der Waals surface area contributed by atoms with Gasteiger partial charge >= 0.3 is 6.03 Å². The van der Waals surface area contributed by atoms with E-state index in [4.69, 9.17) is 14.7 Å². The number of amides is 2. The molecule has 34 heavy (non-hydrogen) atoms. The molecule has 0 spiro atoms. The molecular weight excluding hydrogens is 428 g/mol. The van der Waals surface area contributed by atoms with E-state index in [1.807, 2.05) is 31.3 Å². The largest absolute Gasteiger partial charge is 0.378 e. The molecule has 0 unspecified atom stereocenters. The second-order valence-corrected chi connectivity index (χ2v) is 9.15. The van der Waals surface area contributed by atoms with E-state index in [1.54, 1.807) is 0 Å². The highest BCUT2D eigenvalue weighted by molar-refractivity contribution is 6.08. The van der Waals surface area contributed by atoms with Gasteiger partial charge in [0.05, 0.1) is 18.7 Å². The lowest BCUT2D eigenvalue weighted by atomic mass is 10.1. The van der Waals surface area contributed by atoms with E-state index in [-0.39, 0.29) is 6.03 Å². The Morgan fingerprint density at radius 2 is 1.82 bits per heavy atom. The van der Waals surface area contributed by atoms with Gasteiger partial charge in [-0.2, -0.15) is 0 Å². The van der Waals surface area contributed by atoms with Gasteiger partial charge in [0.25, 0.3) is 0 Å². The summed E-state index contributed by atoms with van der Waals surface area (Å²) in [5.74, 6) is 2.26. The van der Waals surface area contributed by atoms with E-state index in [2.05, 4.69) is 44.5 Å². The van der Waals surface area contributed by atoms with Crippen molar-refractivity contribution in [1.82, 2.24) is 19.9 Å². The number of morpholine rings is 1. The third kappa shape index (κ3) is 4.05. The number of urea groups is 1. The number of benzene rings is 2. The topological polar surface area (TPSA) is 84.3 Å². The Kier molecular flexibility index (Phi) is 5.30. The molecule has 1 saturated heterocycles. The van der Waals surface area contributed by atoms with Gasteiger partial charge in [0, 0.05) is 60.4 Å². The van der Waals surface area contributed by atoms with E-state index >= 15 is 0 Å².